The fourth-order valence-corrected chi connectivity index (χ4v) is 6.36. The van der Waals surface area contributed by atoms with E-state index >= 15 is 0 Å². The summed E-state index contributed by atoms with van der Waals surface area (Å²) in [6.07, 6.45) is 4.80. The topological polar surface area (TPSA) is 27.7 Å². The Bertz CT molecular complexity index is 607. The van der Waals surface area contributed by atoms with Crippen LogP contribution in [-0.4, -0.2) is 38.2 Å². The van der Waals surface area contributed by atoms with Crippen molar-refractivity contribution in [2.45, 2.75) is 117 Å². The minimum atomic E-state index is -1.75. The van der Waals surface area contributed by atoms with Crippen molar-refractivity contribution in [3.05, 3.63) is 11.8 Å². The molecule has 2 unspecified atom stereocenters. The van der Waals surface area contributed by atoms with Crippen LogP contribution in [0, 0.1) is 17.8 Å². The standard InChI is InChI=1S/C25H54O3Si3/c1-20(18-26-30(11,12)24(2,3)4)21-15-16-22(23(17-21)28-29(8,9)10)19-27-31(13,14)25(5,6)7/h17,20-22H,15-16,18-19H2,1-14H3/t20?,21-,22?/m1/s1. The summed E-state index contributed by atoms with van der Waals surface area (Å²) in [5, 5.41) is 0.497. The van der Waals surface area contributed by atoms with Gasteiger partial charge in [-0.15, -0.1) is 0 Å². The van der Waals surface area contributed by atoms with Gasteiger partial charge in [0.2, 0.25) is 8.32 Å². The lowest BCUT2D eigenvalue weighted by Gasteiger charge is -2.40. The van der Waals surface area contributed by atoms with E-state index in [1.165, 1.54) is 12.2 Å². The molecular formula is C25H54O3Si3. The molecule has 0 aliphatic heterocycles. The van der Waals surface area contributed by atoms with Crippen molar-refractivity contribution < 1.29 is 13.3 Å². The fraction of sp³-hybridized carbons (Fsp3) is 0.920. The van der Waals surface area contributed by atoms with Gasteiger partial charge in [0.25, 0.3) is 0 Å². The SMILES string of the molecule is CC(CO[Si](C)(C)C(C)(C)C)[C@H]1C=C(O[Si](C)(C)C)C(CO[Si](C)(C)C(C)(C)C)CC1. The molecule has 0 saturated heterocycles. The molecule has 0 spiro atoms. The third kappa shape index (κ3) is 8.76. The van der Waals surface area contributed by atoms with E-state index in [9.17, 15) is 0 Å². The van der Waals surface area contributed by atoms with Crippen LogP contribution in [0.3, 0.4) is 0 Å². The van der Waals surface area contributed by atoms with Crippen molar-refractivity contribution in [1.29, 1.82) is 0 Å². The van der Waals surface area contributed by atoms with Gasteiger partial charge in [-0.3, -0.25) is 0 Å². The Morgan fingerprint density at radius 2 is 1.32 bits per heavy atom. The van der Waals surface area contributed by atoms with Gasteiger partial charge in [0.05, 0.1) is 5.76 Å². The molecule has 0 heterocycles. The second kappa shape index (κ2) is 10.2. The first-order chi connectivity index (χ1) is 13.7. The van der Waals surface area contributed by atoms with E-state index < -0.39 is 25.0 Å². The van der Waals surface area contributed by atoms with Crippen LogP contribution in [0.5, 0.6) is 0 Å². The fourth-order valence-electron chi connectivity index (χ4n) is 3.26. The Kier molecular flexibility index (Phi) is 9.55. The average Bonchev–Trinajstić information content (AvgIpc) is 2.55. The lowest BCUT2D eigenvalue weighted by Crippen LogP contribution is -2.43. The predicted molar refractivity (Wildman–Crippen MR) is 144 cm³/mol. The van der Waals surface area contributed by atoms with Crippen LogP contribution < -0.4 is 0 Å². The lowest BCUT2D eigenvalue weighted by atomic mass is 9.81. The second-order valence-corrected chi connectivity index (χ2v) is 27.9. The van der Waals surface area contributed by atoms with Gasteiger partial charge >= 0.3 is 0 Å². The lowest BCUT2D eigenvalue weighted by molar-refractivity contribution is 0.159. The first-order valence-corrected chi connectivity index (χ1v) is 21.6. The van der Waals surface area contributed by atoms with Crippen molar-refractivity contribution >= 4 is 25.0 Å². The molecule has 0 aromatic rings. The van der Waals surface area contributed by atoms with Crippen LogP contribution in [0.25, 0.3) is 0 Å². The summed E-state index contributed by atoms with van der Waals surface area (Å²) in [6, 6.07) is 0. The van der Waals surface area contributed by atoms with Crippen LogP contribution in [0.15, 0.2) is 11.8 Å². The summed E-state index contributed by atoms with van der Waals surface area (Å²) in [7, 11) is -5.14. The van der Waals surface area contributed by atoms with Gasteiger partial charge in [0, 0.05) is 19.1 Å². The smallest absolute Gasteiger partial charge is 0.241 e. The van der Waals surface area contributed by atoms with Crippen molar-refractivity contribution in [1.82, 2.24) is 0 Å². The van der Waals surface area contributed by atoms with Gasteiger partial charge in [-0.2, -0.15) is 0 Å². The number of hydrogen-bond donors (Lipinski definition) is 0. The predicted octanol–water partition coefficient (Wildman–Crippen LogP) is 8.43. The molecule has 0 bridgehead atoms. The monoisotopic (exact) mass is 486 g/mol. The zero-order valence-corrected chi connectivity index (χ0v) is 26.4. The van der Waals surface area contributed by atoms with Crippen LogP contribution >= 0.6 is 0 Å². The van der Waals surface area contributed by atoms with Gasteiger partial charge < -0.3 is 13.3 Å². The molecule has 0 fully saturated rings. The highest BCUT2D eigenvalue weighted by Gasteiger charge is 2.40. The molecule has 6 heteroatoms. The van der Waals surface area contributed by atoms with E-state index in [1.54, 1.807) is 0 Å². The molecule has 184 valence electrons. The Morgan fingerprint density at radius 1 is 0.839 bits per heavy atom. The maximum absolute atomic E-state index is 6.63. The van der Waals surface area contributed by atoms with E-state index in [-0.39, 0.29) is 10.1 Å². The molecule has 0 saturated carbocycles. The highest BCUT2D eigenvalue weighted by atomic mass is 28.4. The minimum absolute atomic E-state index is 0.239. The Morgan fingerprint density at radius 3 is 1.77 bits per heavy atom. The van der Waals surface area contributed by atoms with E-state index in [4.69, 9.17) is 13.3 Å². The summed E-state index contributed by atoms with van der Waals surface area (Å²) in [4.78, 5) is 0. The summed E-state index contributed by atoms with van der Waals surface area (Å²) in [6.45, 7) is 34.2. The molecule has 0 radical (unpaired) electrons. The summed E-state index contributed by atoms with van der Waals surface area (Å²) >= 11 is 0. The van der Waals surface area contributed by atoms with Gasteiger partial charge in [0.1, 0.15) is 0 Å². The van der Waals surface area contributed by atoms with Gasteiger partial charge in [0.15, 0.2) is 16.6 Å². The van der Waals surface area contributed by atoms with Crippen LogP contribution in [0.2, 0.25) is 55.9 Å². The Balaban J connectivity index is 2.93. The Labute approximate surface area is 198 Å². The number of rotatable bonds is 9. The zero-order chi connectivity index (χ0) is 24.5. The van der Waals surface area contributed by atoms with E-state index in [1.807, 2.05) is 0 Å². The minimum Gasteiger partial charge on any atom is -0.547 e. The van der Waals surface area contributed by atoms with Crippen LogP contribution in [-0.2, 0) is 13.3 Å². The quantitative estimate of drug-likeness (QED) is 0.306. The van der Waals surface area contributed by atoms with Crippen molar-refractivity contribution in [3.63, 3.8) is 0 Å². The molecule has 3 nitrogen and oxygen atoms in total. The van der Waals surface area contributed by atoms with Gasteiger partial charge in [-0.1, -0.05) is 48.5 Å². The maximum atomic E-state index is 6.63. The molecular weight excluding hydrogens is 433 g/mol. The number of allylic oxidation sites excluding steroid dienone is 1. The van der Waals surface area contributed by atoms with Crippen molar-refractivity contribution in [3.8, 4) is 0 Å². The third-order valence-electron chi connectivity index (χ3n) is 7.75. The third-order valence-corrected chi connectivity index (χ3v) is 17.6. The van der Waals surface area contributed by atoms with Crippen molar-refractivity contribution in [2.24, 2.45) is 17.8 Å². The largest absolute Gasteiger partial charge is 0.547 e. The molecule has 0 aromatic heterocycles. The molecule has 0 N–H and O–H groups in total. The summed E-state index contributed by atoms with van der Waals surface area (Å²) in [5.41, 5.74) is 0. The van der Waals surface area contributed by atoms with Gasteiger partial charge in [-0.25, -0.2) is 0 Å². The van der Waals surface area contributed by atoms with E-state index in [0.717, 1.165) is 19.6 Å². The average molecular weight is 487 g/mol. The first kappa shape index (κ1) is 29.1. The highest BCUT2D eigenvalue weighted by molar-refractivity contribution is 6.74. The molecule has 0 amide bonds. The highest BCUT2D eigenvalue weighted by Crippen LogP contribution is 2.41. The maximum Gasteiger partial charge on any atom is 0.241 e. The van der Waals surface area contributed by atoms with Crippen LogP contribution in [0.1, 0.15) is 61.3 Å². The number of hydrogen-bond acceptors (Lipinski definition) is 3. The molecule has 1 aliphatic carbocycles. The Hall–Kier alpha value is 0.111. The first-order valence-electron chi connectivity index (χ1n) is 12.3. The van der Waals surface area contributed by atoms with E-state index in [0.29, 0.717) is 17.8 Å². The summed E-state index contributed by atoms with van der Waals surface area (Å²) < 4.78 is 19.8. The normalized spacial score (nSPS) is 22.8. The van der Waals surface area contributed by atoms with Crippen LogP contribution in [0.4, 0.5) is 0 Å². The molecule has 3 atom stereocenters. The molecule has 1 rings (SSSR count). The molecule has 0 aromatic carbocycles. The molecule has 31 heavy (non-hydrogen) atoms. The summed E-state index contributed by atoms with van der Waals surface area (Å²) in [5.74, 6) is 2.63. The second-order valence-electron chi connectivity index (χ2n) is 13.8. The van der Waals surface area contributed by atoms with E-state index in [2.05, 4.69) is 100 Å². The molecule has 1 aliphatic rings. The van der Waals surface area contributed by atoms with Crippen molar-refractivity contribution in [2.75, 3.05) is 13.2 Å². The van der Waals surface area contributed by atoms with Gasteiger partial charge in [-0.05, 0) is 86.7 Å². The zero-order valence-electron chi connectivity index (χ0n) is 23.4.